The van der Waals surface area contributed by atoms with Crippen LogP contribution < -0.4 is 5.32 Å². The van der Waals surface area contributed by atoms with Crippen LogP contribution in [0.3, 0.4) is 0 Å². The molecule has 2 aromatic rings. The van der Waals surface area contributed by atoms with E-state index in [1.165, 1.54) is 18.2 Å². The van der Waals surface area contributed by atoms with Crippen LogP contribution in [0, 0.1) is 23.5 Å². The normalized spacial score (nSPS) is 9.67. The molecule has 1 heterocycles. The Morgan fingerprint density at radius 1 is 1.29 bits per heavy atom. The van der Waals surface area contributed by atoms with Crippen molar-refractivity contribution < 1.29 is 18.7 Å². The van der Waals surface area contributed by atoms with Crippen LogP contribution in [-0.2, 0) is 0 Å². The number of benzene rings is 1. The van der Waals surface area contributed by atoms with Gasteiger partial charge in [-0.2, -0.15) is 0 Å². The lowest BCUT2D eigenvalue weighted by Crippen LogP contribution is -2.15. The number of anilines is 1. The number of nitrogens with one attached hydrogen (secondary N) is 1. The molecule has 0 bridgehead atoms. The van der Waals surface area contributed by atoms with Crippen LogP contribution in [0.1, 0.15) is 15.9 Å². The van der Waals surface area contributed by atoms with Crippen molar-refractivity contribution in [1.82, 2.24) is 4.98 Å². The molecule has 0 aliphatic heterocycles. The van der Waals surface area contributed by atoms with Gasteiger partial charge in [-0.3, -0.25) is 4.79 Å². The summed E-state index contributed by atoms with van der Waals surface area (Å²) in [6.07, 6.45) is 0.940. The molecule has 0 fully saturated rings. The van der Waals surface area contributed by atoms with Gasteiger partial charge in [0.2, 0.25) is 0 Å². The second-order valence-corrected chi connectivity index (χ2v) is 3.97. The summed E-state index contributed by atoms with van der Waals surface area (Å²) >= 11 is 0. The monoisotopic (exact) mass is 288 g/mol. The molecule has 0 unspecified atom stereocenters. The highest BCUT2D eigenvalue weighted by Gasteiger charge is 2.13. The average molecular weight is 288 g/mol. The van der Waals surface area contributed by atoms with E-state index in [9.17, 15) is 13.6 Å². The first-order valence-corrected chi connectivity index (χ1v) is 5.92. The summed E-state index contributed by atoms with van der Waals surface area (Å²) in [5.41, 5.74) is 0.175. The van der Waals surface area contributed by atoms with Crippen LogP contribution in [0.25, 0.3) is 0 Å². The van der Waals surface area contributed by atoms with Crippen LogP contribution in [0.4, 0.5) is 14.6 Å². The van der Waals surface area contributed by atoms with Crippen LogP contribution in [-0.4, -0.2) is 22.6 Å². The van der Waals surface area contributed by atoms with Crippen LogP contribution >= 0.6 is 0 Å². The highest BCUT2D eigenvalue weighted by Crippen LogP contribution is 2.13. The molecule has 21 heavy (non-hydrogen) atoms. The van der Waals surface area contributed by atoms with Crippen molar-refractivity contribution in [2.45, 2.75) is 0 Å². The summed E-state index contributed by atoms with van der Waals surface area (Å²) in [5.74, 6) is 3.10. The number of hydrogen-bond acceptors (Lipinski definition) is 3. The van der Waals surface area contributed by atoms with Crippen LogP contribution in [0.2, 0.25) is 0 Å². The summed E-state index contributed by atoms with van der Waals surface area (Å²) < 4.78 is 26.4. The summed E-state index contributed by atoms with van der Waals surface area (Å²) in [6.45, 7) is -0.335. The highest BCUT2D eigenvalue weighted by molar-refractivity contribution is 6.04. The first-order chi connectivity index (χ1) is 10.1. The number of hydrogen-bond donors (Lipinski definition) is 2. The third-order valence-electron chi connectivity index (χ3n) is 2.49. The molecule has 0 aliphatic carbocycles. The number of aliphatic hydroxyl groups is 1. The topological polar surface area (TPSA) is 62.2 Å². The number of amides is 1. The first kappa shape index (κ1) is 14.6. The molecule has 106 valence electrons. The minimum Gasteiger partial charge on any atom is -0.384 e. The third-order valence-corrected chi connectivity index (χ3v) is 2.49. The van der Waals surface area contributed by atoms with Gasteiger partial charge in [0.05, 0.1) is 11.8 Å². The first-order valence-electron chi connectivity index (χ1n) is 5.92. The Kier molecular flexibility index (Phi) is 4.59. The van der Waals surface area contributed by atoms with E-state index < -0.39 is 17.5 Å². The predicted octanol–water partition coefficient (Wildman–Crippen LogP) is 1.96. The molecule has 2 rings (SSSR count). The quantitative estimate of drug-likeness (QED) is 0.830. The highest BCUT2D eigenvalue weighted by atomic mass is 19.1. The maximum atomic E-state index is 13.7. The second-order valence-electron chi connectivity index (χ2n) is 3.97. The van der Waals surface area contributed by atoms with E-state index >= 15 is 0 Å². The van der Waals surface area contributed by atoms with Crippen LogP contribution in [0.5, 0.6) is 0 Å². The van der Waals surface area contributed by atoms with Crippen LogP contribution in [0.15, 0.2) is 36.5 Å². The van der Waals surface area contributed by atoms with Gasteiger partial charge in [0.15, 0.2) is 0 Å². The van der Waals surface area contributed by atoms with Crippen molar-refractivity contribution >= 4 is 11.7 Å². The van der Waals surface area contributed by atoms with Gasteiger partial charge in [0.25, 0.3) is 5.91 Å². The van der Waals surface area contributed by atoms with E-state index in [0.717, 1.165) is 18.3 Å². The summed E-state index contributed by atoms with van der Waals surface area (Å²) in [7, 11) is 0. The number of aliphatic hydroxyl groups excluding tert-OH is 1. The molecule has 6 heteroatoms. The molecule has 2 N–H and O–H groups in total. The zero-order chi connectivity index (χ0) is 15.2. The zero-order valence-electron chi connectivity index (χ0n) is 10.7. The predicted molar refractivity (Wildman–Crippen MR) is 72.5 cm³/mol. The fourth-order valence-corrected chi connectivity index (χ4v) is 1.55. The van der Waals surface area contributed by atoms with Gasteiger partial charge in [-0.15, -0.1) is 0 Å². The molecule has 0 spiro atoms. The number of rotatable bonds is 2. The Bertz CT molecular complexity index is 719. The number of carbonyl (C=O) groups is 1. The van der Waals surface area contributed by atoms with Gasteiger partial charge in [0.1, 0.15) is 24.1 Å². The van der Waals surface area contributed by atoms with E-state index in [4.69, 9.17) is 5.11 Å². The van der Waals surface area contributed by atoms with Gasteiger partial charge in [-0.05, 0) is 30.3 Å². The smallest absolute Gasteiger partial charge is 0.259 e. The number of nitrogens with zero attached hydrogens (tertiary/aromatic N) is 1. The molecule has 1 amide bonds. The molecule has 1 aromatic carbocycles. The Labute approximate surface area is 119 Å². The van der Waals surface area contributed by atoms with E-state index in [2.05, 4.69) is 22.1 Å². The zero-order valence-corrected chi connectivity index (χ0v) is 10.7. The largest absolute Gasteiger partial charge is 0.384 e. The summed E-state index contributed by atoms with van der Waals surface area (Å²) in [5, 5.41) is 11.0. The molecule has 0 aliphatic rings. The Morgan fingerprint density at radius 2 is 2.10 bits per heavy atom. The summed E-state index contributed by atoms with van der Waals surface area (Å²) in [6, 6.07) is 6.15. The number of aromatic nitrogens is 1. The lowest BCUT2D eigenvalue weighted by atomic mass is 10.1. The van der Waals surface area contributed by atoms with Gasteiger partial charge in [-0.1, -0.05) is 11.8 Å². The molecule has 0 atom stereocenters. The maximum absolute atomic E-state index is 13.7. The SMILES string of the molecule is O=C(Nc1ccc(F)cn1)c1cc(C#CCO)ccc1F. The second kappa shape index (κ2) is 6.59. The number of carbonyl (C=O) groups excluding carboxylic acids is 1. The minimum atomic E-state index is -0.723. The fourth-order valence-electron chi connectivity index (χ4n) is 1.55. The standard InChI is InChI=1S/C15H10F2N2O2/c16-11-4-6-14(18-9-11)19-15(21)12-8-10(2-1-7-20)3-5-13(12)17/h3-6,8-9,20H,7H2,(H,18,19,21). The molecule has 4 nitrogen and oxygen atoms in total. The van der Waals surface area contributed by atoms with E-state index in [1.54, 1.807) is 0 Å². The van der Waals surface area contributed by atoms with Gasteiger partial charge in [0, 0.05) is 5.56 Å². The third kappa shape index (κ3) is 3.84. The van der Waals surface area contributed by atoms with Crippen molar-refractivity contribution in [3.8, 4) is 11.8 Å². The van der Waals surface area contributed by atoms with Crippen molar-refractivity contribution in [1.29, 1.82) is 0 Å². The lowest BCUT2D eigenvalue weighted by Gasteiger charge is -2.05. The van der Waals surface area contributed by atoms with Crippen molar-refractivity contribution in [3.05, 3.63) is 59.3 Å². The van der Waals surface area contributed by atoms with Crippen molar-refractivity contribution in [2.75, 3.05) is 11.9 Å². The molecular weight excluding hydrogens is 278 g/mol. The Hall–Kier alpha value is -2.78. The Balaban J connectivity index is 2.23. The van der Waals surface area contributed by atoms with E-state index in [-0.39, 0.29) is 18.0 Å². The van der Waals surface area contributed by atoms with Crippen molar-refractivity contribution in [3.63, 3.8) is 0 Å². The van der Waals surface area contributed by atoms with E-state index in [1.807, 2.05) is 0 Å². The molecule has 0 saturated carbocycles. The number of halogens is 2. The summed E-state index contributed by atoms with van der Waals surface area (Å²) in [4.78, 5) is 15.6. The molecule has 0 radical (unpaired) electrons. The van der Waals surface area contributed by atoms with Crippen molar-refractivity contribution in [2.24, 2.45) is 0 Å². The molecule has 0 saturated heterocycles. The maximum Gasteiger partial charge on any atom is 0.259 e. The van der Waals surface area contributed by atoms with Gasteiger partial charge in [-0.25, -0.2) is 13.8 Å². The molecular formula is C15H10F2N2O2. The lowest BCUT2D eigenvalue weighted by molar-refractivity contribution is 0.102. The molecule has 1 aromatic heterocycles. The Morgan fingerprint density at radius 3 is 2.76 bits per heavy atom. The van der Waals surface area contributed by atoms with E-state index in [0.29, 0.717) is 5.56 Å². The fraction of sp³-hybridized carbons (Fsp3) is 0.0667. The average Bonchev–Trinajstić information content (AvgIpc) is 2.48. The minimum absolute atomic E-state index is 0.104. The van der Waals surface area contributed by atoms with Gasteiger partial charge >= 0.3 is 0 Å². The van der Waals surface area contributed by atoms with Gasteiger partial charge < -0.3 is 10.4 Å². The number of pyridine rings is 1.